The Bertz CT molecular complexity index is 460. The largest absolute Gasteiger partial charge is 0.500 e. The molecule has 0 amide bonds. The number of methoxy groups -OCH3 is 1. The molecule has 0 radical (unpaired) electrons. The third kappa shape index (κ3) is 2.61. The molecular formula is C13H19N2OP. The first-order valence-electron chi connectivity index (χ1n) is 5.86. The van der Waals surface area contributed by atoms with Gasteiger partial charge >= 0.3 is 0 Å². The smallest absolute Gasteiger partial charge is 0.104 e. The van der Waals surface area contributed by atoms with E-state index in [1.165, 1.54) is 5.56 Å². The van der Waals surface area contributed by atoms with E-state index in [0.29, 0.717) is 12.0 Å². The monoisotopic (exact) mass is 250 g/mol. The van der Waals surface area contributed by atoms with Crippen LogP contribution in [0, 0.1) is 0 Å². The number of allylic oxidation sites excluding steroid dienone is 4. The molecule has 0 spiro atoms. The molecule has 92 valence electrons. The first-order valence-corrected chi connectivity index (χ1v) is 6.44. The van der Waals surface area contributed by atoms with E-state index in [1.54, 1.807) is 7.11 Å². The van der Waals surface area contributed by atoms with Crippen LogP contribution in [0.15, 0.2) is 35.6 Å². The molecule has 2 rings (SSSR count). The average Bonchev–Trinajstić information content (AvgIpc) is 2.79. The third-order valence-corrected chi connectivity index (χ3v) is 3.57. The van der Waals surface area contributed by atoms with Crippen molar-refractivity contribution in [2.75, 3.05) is 7.11 Å². The minimum Gasteiger partial charge on any atom is -0.500 e. The predicted octanol–water partition coefficient (Wildman–Crippen LogP) is 3.24. The van der Waals surface area contributed by atoms with Crippen LogP contribution in [0.3, 0.4) is 0 Å². The van der Waals surface area contributed by atoms with Crippen LogP contribution >= 0.6 is 9.24 Å². The van der Waals surface area contributed by atoms with E-state index in [2.05, 4.69) is 46.5 Å². The second-order valence-corrected chi connectivity index (χ2v) is 5.22. The molecule has 2 atom stereocenters. The highest BCUT2D eigenvalue weighted by Crippen LogP contribution is 2.33. The molecule has 1 aliphatic carbocycles. The number of ether oxygens (including phenoxy) is 1. The lowest BCUT2D eigenvalue weighted by molar-refractivity contribution is 0.271. The van der Waals surface area contributed by atoms with Gasteiger partial charge < -0.3 is 4.74 Å². The van der Waals surface area contributed by atoms with Crippen molar-refractivity contribution in [1.82, 2.24) is 9.78 Å². The van der Waals surface area contributed by atoms with Gasteiger partial charge in [0.25, 0.3) is 0 Å². The number of aromatic nitrogens is 2. The standard InChI is InChI=1S/C13H19N2OP/c1-9(2)15-8-11(7-14-15)10-4-5-13(17)12(6-10)16-3/h4-5,7-10H,6,17H2,1-3H3. The molecule has 0 saturated carbocycles. The van der Waals surface area contributed by atoms with E-state index in [4.69, 9.17) is 4.74 Å². The van der Waals surface area contributed by atoms with Crippen LogP contribution in [0.25, 0.3) is 0 Å². The summed E-state index contributed by atoms with van der Waals surface area (Å²) < 4.78 is 7.39. The van der Waals surface area contributed by atoms with Gasteiger partial charge in [-0.15, -0.1) is 9.24 Å². The van der Waals surface area contributed by atoms with Crippen molar-refractivity contribution < 1.29 is 4.74 Å². The molecule has 0 saturated heterocycles. The van der Waals surface area contributed by atoms with Crippen LogP contribution in [0.5, 0.6) is 0 Å². The quantitative estimate of drug-likeness (QED) is 0.770. The summed E-state index contributed by atoms with van der Waals surface area (Å²) in [6, 6.07) is 0.408. The minimum atomic E-state index is 0.377. The molecular weight excluding hydrogens is 231 g/mol. The molecule has 1 aromatic rings. The molecule has 0 fully saturated rings. The maximum absolute atomic E-state index is 5.39. The lowest BCUT2D eigenvalue weighted by Crippen LogP contribution is -2.04. The zero-order valence-electron chi connectivity index (χ0n) is 10.6. The van der Waals surface area contributed by atoms with Crippen molar-refractivity contribution in [1.29, 1.82) is 0 Å². The molecule has 0 bridgehead atoms. The molecule has 2 unspecified atom stereocenters. The normalized spacial score (nSPS) is 20.2. The van der Waals surface area contributed by atoms with E-state index in [-0.39, 0.29) is 0 Å². The lowest BCUT2D eigenvalue weighted by atomic mass is 9.94. The second-order valence-electron chi connectivity index (χ2n) is 4.60. The summed E-state index contributed by atoms with van der Waals surface area (Å²) in [6.45, 7) is 4.27. The Morgan fingerprint density at radius 3 is 2.88 bits per heavy atom. The molecule has 3 nitrogen and oxygen atoms in total. The van der Waals surface area contributed by atoms with Gasteiger partial charge in [0.15, 0.2) is 0 Å². The fourth-order valence-electron chi connectivity index (χ4n) is 1.96. The number of hydrogen-bond donors (Lipinski definition) is 0. The van der Waals surface area contributed by atoms with Crippen molar-refractivity contribution >= 4 is 9.24 Å². The highest BCUT2D eigenvalue weighted by molar-refractivity contribution is 7.23. The molecule has 0 aromatic carbocycles. The van der Waals surface area contributed by atoms with Crippen LogP contribution < -0.4 is 0 Å². The first kappa shape index (κ1) is 12.4. The Kier molecular flexibility index (Phi) is 3.68. The van der Waals surface area contributed by atoms with Crippen LogP contribution in [-0.2, 0) is 4.74 Å². The van der Waals surface area contributed by atoms with Gasteiger partial charge in [0.1, 0.15) is 5.76 Å². The predicted molar refractivity (Wildman–Crippen MR) is 72.9 cm³/mol. The first-order chi connectivity index (χ1) is 8.11. The topological polar surface area (TPSA) is 27.1 Å². The zero-order chi connectivity index (χ0) is 12.4. The summed E-state index contributed by atoms with van der Waals surface area (Å²) >= 11 is 0. The van der Waals surface area contributed by atoms with Crippen LogP contribution in [0.1, 0.15) is 37.8 Å². The molecule has 1 heterocycles. The van der Waals surface area contributed by atoms with Crippen molar-refractivity contribution in [3.05, 3.63) is 41.2 Å². The Balaban J connectivity index is 2.17. The third-order valence-electron chi connectivity index (χ3n) is 3.06. The van der Waals surface area contributed by atoms with Gasteiger partial charge in [0.2, 0.25) is 0 Å². The fourth-order valence-corrected chi connectivity index (χ4v) is 2.30. The molecule has 17 heavy (non-hydrogen) atoms. The zero-order valence-corrected chi connectivity index (χ0v) is 11.7. The van der Waals surface area contributed by atoms with E-state index in [0.717, 1.165) is 17.5 Å². The highest BCUT2D eigenvalue weighted by Gasteiger charge is 2.18. The summed E-state index contributed by atoms with van der Waals surface area (Å²) in [5.74, 6) is 1.42. The van der Waals surface area contributed by atoms with Gasteiger partial charge in [-0.25, -0.2) is 0 Å². The Morgan fingerprint density at radius 1 is 1.53 bits per heavy atom. The maximum atomic E-state index is 5.39. The van der Waals surface area contributed by atoms with E-state index >= 15 is 0 Å². The van der Waals surface area contributed by atoms with Gasteiger partial charge in [0.05, 0.1) is 13.3 Å². The van der Waals surface area contributed by atoms with Gasteiger partial charge in [-0.05, 0) is 19.4 Å². The SMILES string of the molecule is COC1=C(P)C=CC(c2cnn(C(C)C)c2)C1. The van der Waals surface area contributed by atoms with Crippen molar-refractivity contribution in [2.45, 2.75) is 32.2 Å². The van der Waals surface area contributed by atoms with Crippen molar-refractivity contribution in [3.8, 4) is 0 Å². The highest BCUT2D eigenvalue weighted by atomic mass is 31.0. The van der Waals surface area contributed by atoms with Gasteiger partial charge in [-0.2, -0.15) is 5.10 Å². The second kappa shape index (κ2) is 5.05. The molecule has 1 aromatic heterocycles. The summed E-state index contributed by atoms with van der Waals surface area (Å²) in [6.07, 6.45) is 9.31. The van der Waals surface area contributed by atoms with E-state index in [1.807, 2.05) is 10.9 Å². The molecule has 1 aliphatic rings. The summed E-state index contributed by atoms with van der Waals surface area (Å²) in [4.78, 5) is 0. The fraction of sp³-hybridized carbons (Fsp3) is 0.462. The van der Waals surface area contributed by atoms with Crippen LogP contribution in [-0.4, -0.2) is 16.9 Å². The lowest BCUT2D eigenvalue weighted by Gasteiger charge is -2.19. The van der Waals surface area contributed by atoms with Crippen LogP contribution in [0.2, 0.25) is 0 Å². The van der Waals surface area contributed by atoms with Crippen molar-refractivity contribution in [2.24, 2.45) is 0 Å². The summed E-state index contributed by atoms with van der Waals surface area (Å²) in [5.41, 5.74) is 1.25. The Labute approximate surface area is 105 Å². The summed E-state index contributed by atoms with van der Waals surface area (Å²) in [5, 5.41) is 5.52. The molecule has 0 N–H and O–H groups in total. The Morgan fingerprint density at radius 2 is 2.29 bits per heavy atom. The van der Waals surface area contributed by atoms with Gasteiger partial charge in [-0.1, -0.05) is 12.2 Å². The summed E-state index contributed by atoms with van der Waals surface area (Å²) in [7, 11) is 4.44. The Hall–Kier alpha value is -1.08. The van der Waals surface area contributed by atoms with E-state index < -0.39 is 0 Å². The van der Waals surface area contributed by atoms with Gasteiger partial charge in [0, 0.05) is 29.9 Å². The molecule has 4 heteroatoms. The maximum Gasteiger partial charge on any atom is 0.104 e. The van der Waals surface area contributed by atoms with Crippen LogP contribution in [0.4, 0.5) is 0 Å². The number of hydrogen-bond acceptors (Lipinski definition) is 2. The van der Waals surface area contributed by atoms with E-state index in [9.17, 15) is 0 Å². The van der Waals surface area contributed by atoms with Gasteiger partial charge in [-0.3, -0.25) is 4.68 Å². The average molecular weight is 250 g/mol. The molecule has 0 aliphatic heterocycles. The number of rotatable bonds is 3. The van der Waals surface area contributed by atoms with Crippen molar-refractivity contribution in [3.63, 3.8) is 0 Å². The minimum absolute atomic E-state index is 0.377. The number of nitrogens with zero attached hydrogens (tertiary/aromatic N) is 2.